The second-order valence-electron chi connectivity index (χ2n) is 7.43. The second-order valence-corrected chi connectivity index (χ2v) is 7.43. The first-order valence-electron chi connectivity index (χ1n) is 9.23. The van der Waals surface area contributed by atoms with E-state index in [2.05, 4.69) is 15.1 Å². The van der Waals surface area contributed by atoms with E-state index >= 15 is 0 Å². The molecule has 2 amide bonds. The lowest BCUT2D eigenvalue weighted by molar-refractivity contribution is -0.140. The molecule has 5 rings (SSSR count). The zero-order valence-electron chi connectivity index (χ0n) is 15.8. The molecule has 0 spiro atoms. The summed E-state index contributed by atoms with van der Waals surface area (Å²) in [5, 5.41) is 3.99. The summed E-state index contributed by atoms with van der Waals surface area (Å²) in [5.41, 5.74) is 2.93. The maximum Gasteiger partial charge on any atom is 0.257 e. The lowest BCUT2D eigenvalue weighted by Crippen LogP contribution is -2.47. The van der Waals surface area contributed by atoms with E-state index in [4.69, 9.17) is 4.52 Å². The molecule has 8 heteroatoms. The van der Waals surface area contributed by atoms with Crippen molar-refractivity contribution < 1.29 is 14.1 Å². The summed E-state index contributed by atoms with van der Waals surface area (Å²) in [4.78, 5) is 37.9. The highest BCUT2D eigenvalue weighted by Gasteiger charge is 2.42. The van der Waals surface area contributed by atoms with Crippen LogP contribution in [0.15, 0.2) is 17.0 Å². The summed E-state index contributed by atoms with van der Waals surface area (Å²) < 4.78 is 5.25. The highest BCUT2D eigenvalue weighted by atomic mass is 16.5. The van der Waals surface area contributed by atoms with Crippen LogP contribution in [0.1, 0.15) is 45.9 Å². The van der Waals surface area contributed by atoms with Gasteiger partial charge in [0.2, 0.25) is 5.91 Å². The van der Waals surface area contributed by atoms with Crippen LogP contribution in [-0.4, -0.2) is 55.9 Å². The van der Waals surface area contributed by atoms with E-state index in [1.807, 2.05) is 18.7 Å². The highest BCUT2D eigenvalue weighted by Crippen LogP contribution is 2.32. The number of hydrogen-bond acceptors (Lipinski definition) is 6. The van der Waals surface area contributed by atoms with Crippen LogP contribution in [0, 0.1) is 26.7 Å². The third-order valence-electron chi connectivity index (χ3n) is 5.73. The Morgan fingerprint density at radius 3 is 2.74 bits per heavy atom. The monoisotopic (exact) mass is 369 g/mol. The standard InChI is InChI=1S/C19H23N5O3/c1-11-16(6-20-10-21-11)19(26)23-7-14-4-5-15(8-23)24(18(14)25)9-17-12(2)22-27-13(17)3/h6,10,14-15H,4-5,7-9H2,1-3H3/t14-,15+/m0/s1. The average Bonchev–Trinajstić information content (AvgIpc) is 2.83. The van der Waals surface area contributed by atoms with Crippen molar-refractivity contribution in [2.45, 2.75) is 46.2 Å². The third-order valence-corrected chi connectivity index (χ3v) is 5.73. The van der Waals surface area contributed by atoms with Crippen molar-refractivity contribution in [3.05, 3.63) is 40.8 Å². The fourth-order valence-electron chi connectivity index (χ4n) is 4.08. The molecule has 2 atom stereocenters. The first-order valence-corrected chi connectivity index (χ1v) is 9.23. The molecule has 142 valence electrons. The molecule has 3 aliphatic heterocycles. The van der Waals surface area contributed by atoms with Gasteiger partial charge in [-0.05, 0) is 33.6 Å². The van der Waals surface area contributed by atoms with Crippen molar-refractivity contribution in [3.8, 4) is 0 Å². The number of rotatable bonds is 3. The van der Waals surface area contributed by atoms with Gasteiger partial charge in [0.15, 0.2) is 0 Å². The average molecular weight is 369 g/mol. The maximum atomic E-state index is 13.0. The van der Waals surface area contributed by atoms with Gasteiger partial charge in [0.25, 0.3) is 5.91 Å². The third kappa shape index (κ3) is 3.09. The molecule has 3 aliphatic rings. The Morgan fingerprint density at radius 1 is 1.22 bits per heavy atom. The smallest absolute Gasteiger partial charge is 0.257 e. The zero-order valence-corrected chi connectivity index (χ0v) is 15.8. The molecule has 3 saturated heterocycles. The van der Waals surface area contributed by atoms with Crippen LogP contribution in [0.5, 0.6) is 0 Å². The van der Waals surface area contributed by atoms with Crippen LogP contribution in [0.4, 0.5) is 0 Å². The van der Waals surface area contributed by atoms with Gasteiger partial charge in [0.05, 0.1) is 29.4 Å². The SMILES string of the molecule is Cc1ncncc1C(=O)N1C[C@@H]2CC[C@H](C1)N(Cc1c(C)noc1C)C2=O. The molecule has 2 aromatic rings. The molecule has 2 bridgehead atoms. The molecule has 3 fully saturated rings. The summed E-state index contributed by atoms with van der Waals surface area (Å²) in [6.45, 7) is 7.01. The summed E-state index contributed by atoms with van der Waals surface area (Å²) in [6, 6.07) is -0.00108. The van der Waals surface area contributed by atoms with Gasteiger partial charge in [-0.15, -0.1) is 0 Å². The van der Waals surface area contributed by atoms with Gasteiger partial charge in [-0.1, -0.05) is 5.16 Å². The predicted octanol–water partition coefficient (Wildman–Crippen LogP) is 1.65. The van der Waals surface area contributed by atoms with E-state index in [0.717, 1.165) is 29.9 Å². The van der Waals surface area contributed by atoms with E-state index in [0.29, 0.717) is 30.9 Å². The van der Waals surface area contributed by atoms with E-state index in [-0.39, 0.29) is 23.8 Å². The molecule has 8 nitrogen and oxygen atoms in total. The molecule has 2 aromatic heterocycles. The van der Waals surface area contributed by atoms with Crippen LogP contribution in [0.25, 0.3) is 0 Å². The van der Waals surface area contributed by atoms with Crippen molar-refractivity contribution in [2.75, 3.05) is 13.1 Å². The first-order chi connectivity index (χ1) is 13.0. The Bertz CT molecular complexity index is 874. The van der Waals surface area contributed by atoms with E-state index in [1.165, 1.54) is 6.33 Å². The topological polar surface area (TPSA) is 92.4 Å². The van der Waals surface area contributed by atoms with Gasteiger partial charge in [0, 0.05) is 30.9 Å². The summed E-state index contributed by atoms with van der Waals surface area (Å²) in [6.07, 6.45) is 4.71. The fourth-order valence-corrected chi connectivity index (χ4v) is 4.08. The van der Waals surface area contributed by atoms with E-state index in [9.17, 15) is 9.59 Å². The molecule has 0 aliphatic carbocycles. The minimum atomic E-state index is -0.168. The van der Waals surface area contributed by atoms with Crippen molar-refractivity contribution >= 4 is 11.8 Å². The lowest BCUT2D eigenvalue weighted by atomic mass is 9.93. The Labute approximate surface area is 157 Å². The Hall–Kier alpha value is -2.77. The van der Waals surface area contributed by atoms with Gasteiger partial charge in [0.1, 0.15) is 12.1 Å². The number of nitrogens with zero attached hydrogens (tertiary/aromatic N) is 5. The number of amides is 2. The normalized spacial score (nSPS) is 22.3. The minimum Gasteiger partial charge on any atom is -0.361 e. The largest absolute Gasteiger partial charge is 0.361 e. The Morgan fingerprint density at radius 2 is 2.04 bits per heavy atom. The number of carbonyl (C=O) groups excluding carboxylic acids is 2. The van der Waals surface area contributed by atoms with Crippen LogP contribution in [-0.2, 0) is 11.3 Å². The summed E-state index contributed by atoms with van der Waals surface area (Å²) >= 11 is 0. The molecule has 5 heterocycles. The quantitative estimate of drug-likeness (QED) is 0.817. The molecular formula is C19H23N5O3. The molecule has 0 saturated carbocycles. The molecule has 0 aromatic carbocycles. The molecular weight excluding hydrogens is 346 g/mol. The van der Waals surface area contributed by atoms with Crippen LogP contribution < -0.4 is 0 Å². The van der Waals surface area contributed by atoms with E-state index in [1.54, 1.807) is 18.0 Å². The predicted molar refractivity (Wildman–Crippen MR) is 95.7 cm³/mol. The van der Waals surface area contributed by atoms with Crippen LogP contribution >= 0.6 is 0 Å². The van der Waals surface area contributed by atoms with Crippen molar-refractivity contribution in [1.29, 1.82) is 0 Å². The fraction of sp³-hybridized carbons (Fsp3) is 0.526. The van der Waals surface area contributed by atoms with E-state index < -0.39 is 0 Å². The van der Waals surface area contributed by atoms with Gasteiger partial charge < -0.3 is 14.3 Å². The van der Waals surface area contributed by atoms with Gasteiger partial charge in [-0.3, -0.25) is 9.59 Å². The summed E-state index contributed by atoms with van der Waals surface area (Å²) in [5.74, 6) is 0.586. The Balaban J connectivity index is 1.59. The number of aryl methyl sites for hydroxylation is 3. The van der Waals surface area contributed by atoms with Crippen molar-refractivity contribution in [3.63, 3.8) is 0 Å². The second kappa shape index (κ2) is 6.75. The summed E-state index contributed by atoms with van der Waals surface area (Å²) in [7, 11) is 0. The number of aromatic nitrogens is 3. The number of piperidine rings is 1. The number of fused-ring (bicyclic) bond motifs is 4. The maximum absolute atomic E-state index is 13.0. The first kappa shape index (κ1) is 17.6. The van der Waals surface area contributed by atoms with Gasteiger partial charge >= 0.3 is 0 Å². The van der Waals surface area contributed by atoms with Crippen molar-refractivity contribution in [1.82, 2.24) is 24.9 Å². The molecule has 0 N–H and O–H groups in total. The highest BCUT2D eigenvalue weighted by molar-refractivity contribution is 5.95. The number of hydrogen-bond donors (Lipinski definition) is 0. The minimum absolute atomic E-state index is 0.00108. The molecule has 27 heavy (non-hydrogen) atoms. The van der Waals surface area contributed by atoms with Gasteiger partial charge in [-0.2, -0.15) is 0 Å². The lowest BCUT2D eigenvalue weighted by Gasteiger charge is -2.35. The molecule has 0 unspecified atom stereocenters. The Kier molecular flexibility index (Phi) is 4.41. The van der Waals surface area contributed by atoms with Gasteiger partial charge in [-0.25, -0.2) is 9.97 Å². The zero-order chi connectivity index (χ0) is 19.1. The molecule has 0 radical (unpaired) electrons. The number of carbonyl (C=O) groups is 2. The van der Waals surface area contributed by atoms with Crippen LogP contribution in [0.3, 0.4) is 0 Å². The van der Waals surface area contributed by atoms with Crippen LogP contribution in [0.2, 0.25) is 0 Å². The van der Waals surface area contributed by atoms with Crippen molar-refractivity contribution in [2.24, 2.45) is 5.92 Å².